The van der Waals surface area contributed by atoms with Crippen LogP contribution in [0.5, 0.6) is 5.75 Å². The number of carbonyl (C=O) groups excluding carboxylic acids is 8. The molecule has 2 unspecified atom stereocenters. The Hall–Kier alpha value is -8.28. The number of phenols is 1. The summed E-state index contributed by atoms with van der Waals surface area (Å²) in [7, 11) is 0. The number of nitrogens with one attached hydrogen (secondary N) is 1. The molecule has 3 amide bonds. The van der Waals surface area contributed by atoms with Crippen molar-refractivity contribution >= 4 is 63.8 Å². The van der Waals surface area contributed by atoms with Gasteiger partial charge in [0.2, 0.25) is 11.5 Å². The zero-order valence-corrected chi connectivity index (χ0v) is 48.0. The number of anilines is 1. The number of pyridine rings is 2. The molecule has 4 N–H and O–H groups in total. The van der Waals surface area contributed by atoms with E-state index in [1.54, 1.807) is 66.2 Å². The van der Waals surface area contributed by atoms with Crippen molar-refractivity contribution in [2.75, 3.05) is 44.8 Å². The van der Waals surface area contributed by atoms with Gasteiger partial charge in [0, 0.05) is 85.0 Å². The number of fused-ring (bicyclic) bond motifs is 5. The minimum Gasteiger partial charge on any atom is -0.508 e. The van der Waals surface area contributed by atoms with Crippen LogP contribution in [0.2, 0.25) is 0 Å². The molecule has 2 aromatic carbocycles. The number of nitrogens with two attached hydrogens (primary N) is 1. The first-order valence-electron chi connectivity index (χ1n) is 29.3. The molecule has 3 aromatic heterocycles. The van der Waals surface area contributed by atoms with Crippen molar-refractivity contribution in [1.29, 1.82) is 0 Å². The van der Waals surface area contributed by atoms with Gasteiger partial charge in [-0.25, -0.2) is 14.6 Å². The summed E-state index contributed by atoms with van der Waals surface area (Å²) in [6.45, 7) is 4.48. The average Bonchev–Trinajstić information content (AvgIpc) is 1.75. The van der Waals surface area contributed by atoms with Crippen molar-refractivity contribution in [3.8, 4) is 17.1 Å². The second-order valence-electron chi connectivity index (χ2n) is 22.1. The third-order valence-electron chi connectivity index (χ3n) is 16.4. The van der Waals surface area contributed by atoms with E-state index in [-0.39, 0.29) is 110 Å². The Balaban J connectivity index is 0.669. The second kappa shape index (κ2) is 28.1. The molecule has 9 rings (SSSR count). The van der Waals surface area contributed by atoms with Gasteiger partial charge in [-0.2, -0.15) is 15.0 Å². The number of unbranched alkanes of at least 4 members (excludes halogenated alkanes) is 1. The highest BCUT2D eigenvalue weighted by Crippen LogP contribution is 2.43. The van der Waals surface area contributed by atoms with E-state index in [2.05, 4.69) is 15.5 Å². The minimum absolute atomic E-state index is 0.0361. The van der Waals surface area contributed by atoms with Crippen LogP contribution in [-0.2, 0) is 102 Å². The van der Waals surface area contributed by atoms with Gasteiger partial charge in [0.15, 0.2) is 11.6 Å². The van der Waals surface area contributed by atoms with Crippen LogP contribution in [0.15, 0.2) is 71.7 Å². The summed E-state index contributed by atoms with van der Waals surface area (Å²) in [5.74, 6) is -2.58. The number of aromatic hydroxyl groups is 1. The van der Waals surface area contributed by atoms with E-state index >= 15 is 0 Å². The SMILES string of the molecule is CCc1c2c(nc3ccc(O)cc13)-c1cc3c(c(=O)n1C2)COC(=O)C3(CC)OC(=O)OCc1ccc(NC(=O)C(CCCCN)CC(=O)COCC(=O)CCCOCCn2ncc(CCC(=O)C3CCC(CN4C(=O)C=CC4=O)CC3)n2)cc1. The van der Waals surface area contributed by atoms with E-state index < -0.39 is 35.1 Å². The van der Waals surface area contributed by atoms with Gasteiger partial charge >= 0.3 is 12.1 Å². The van der Waals surface area contributed by atoms with Crippen molar-refractivity contribution in [3.63, 3.8) is 0 Å². The molecule has 85 heavy (non-hydrogen) atoms. The lowest BCUT2D eigenvalue weighted by Gasteiger charge is -2.35. The summed E-state index contributed by atoms with van der Waals surface area (Å²) in [6.07, 6.45) is 9.64. The second-order valence-corrected chi connectivity index (χ2v) is 22.1. The van der Waals surface area contributed by atoms with Crippen LogP contribution < -0.4 is 16.6 Å². The molecule has 0 radical (unpaired) electrons. The molecule has 1 fully saturated rings. The number of hydrogen-bond donors (Lipinski definition) is 3. The van der Waals surface area contributed by atoms with Gasteiger partial charge in [-0.1, -0.05) is 32.4 Å². The molecule has 450 valence electrons. The van der Waals surface area contributed by atoms with Crippen molar-refractivity contribution in [1.82, 2.24) is 29.4 Å². The van der Waals surface area contributed by atoms with E-state index in [0.717, 1.165) is 42.2 Å². The lowest BCUT2D eigenvalue weighted by atomic mass is 9.79. The van der Waals surface area contributed by atoms with Gasteiger partial charge in [-0.15, -0.1) is 0 Å². The molecule has 23 heteroatoms. The third kappa shape index (κ3) is 14.6. The number of benzene rings is 2. The number of phenolic OH excluding ortho intramolecular Hbond substituents is 1. The number of ketones is 3. The lowest BCUT2D eigenvalue weighted by Crippen LogP contribution is -2.47. The molecule has 1 aliphatic carbocycles. The van der Waals surface area contributed by atoms with E-state index in [4.69, 9.17) is 34.4 Å². The smallest absolute Gasteiger partial charge is 0.508 e. The number of ether oxygens (including phenoxy) is 5. The summed E-state index contributed by atoms with van der Waals surface area (Å²) < 4.78 is 29.5. The topological polar surface area (TPSA) is 310 Å². The van der Waals surface area contributed by atoms with E-state index in [9.17, 15) is 48.3 Å². The largest absolute Gasteiger partial charge is 0.510 e. The van der Waals surface area contributed by atoms with Gasteiger partial charge in [-0.05, 0) is 118 Å². The molecule has 5 aromatic rings. The van der Waals surface area contributed by atoms with E-state index in [0.29, 0.717) is 112 Å². The Morgan fingerprint density at radius 1 is 0.882 bits per heavy atom. The van der Waals surface area contributed by atoms with Crippen molar-refractivity contribution in [3.05, 3.63) is 111 Å². The number of aryl methyl sites for hydroxylation is 2. The van der Waals surface area contributed by atoms with Gasteiger partial charge < -0.3 is 44.4 Å². The van der Waals surface area contributed by atoms with Crippen LogP contribution in [0.1, 0.15) is 124 Å². The summed E-state index contributed by atoms with van der Waals surface area (Å²) in [5, 5.41) is 22.6. The van der Waals surface area contributed by atoms with E-state index in [1.807, 2.05) is 6.92 Å². The number of nitrogens with zero attached hydrogens (tertiary/aromatic N) is 6. The van der Waals surface area contributed by atoms with E-state index in [1.165, 1.54) is 21.8 Å². The van der Waals surface area contributed by atoms with Gasteiger partial charge in [0.05, 0.1) is 54.1 Å². The Morgan fingerprint density at radius 2 is 1.65 bits per heavy atom. The van der Waals surface area contributed by atoms with Crippen molar-refractivity contribution in [2.45, 2.75) is 136 Å². The monoisotopic (exact) mass is 1170 g/mol. The first kappa shape index (κ1) is 61.3. The molecule has 6 heterocycles. The molecular weight excluding hydrogens is 1100 g/mol. The maximum absolute atomic E-state index is 14.1. The number of hydrogen-bond acceptors (Lipinski definition) is 19. The summed E-state index contributed by atoms with van der Waals surface area (Å²) in [5.41, 5.74) is 8.72. The van der Waals surface area contributed by atoms with Crippen molar-refractivity contribution in [2.24, 2.45) is 23.5 Å². The number of cyclic esters (lactones) is 1. The highest BCUT2D eigenvalue weighted by molar-refractivity contribution is 6.12. The highest BCUT2D eigenvalue weighted by atomic mass is 16.7. The maximum atomic E-state index is 14.1. The number of carbonyl (C=O) groups is 8. The Morgan fingerprint density at radius 3 is 2.39 bits per heavy atom. The Bertz CT molecular complexity index is 3420. The zero-order valence-electron chi connectivity index (χ0n) is 48.0. The van der Waals surface area contributed by atoms with Crippen LogP contribution in [0.25, 0.3) is 22.3 Å². The standard InChI is InChI=1S/C62H72N8O15/c1-3-47-48-29-44(71)19-20-52(48)66-57-49(47)33-68-53(57)30-51-50(59(68)78)37-83-60(79)62(51,4-2)85-61(80)84-34-39-12-16-42(17-13-39)65-58(77)41(8-5-6-24-63)28-46(73)36-82-35-45(72)9-7-26-81-27-25-70-64-31-43(67-70)18-21-54(74)40-14-10-38(11-15-40)32-69-55(75)22-23-56(69)76/h12-13,16-17,19-20,22-23,29-31,38,40-41,71H,3-11,14-15,18,21,24-28,32-37,63H2,1-2H3,(H,65,77). The highest BCUT2D eigenvalue weighted by Gasteiger charge is 2.51. The molecule has 0 saturated heterocycles. The summed E-state index contributed by atoms with van der Waals surface area (Å²) in [4.78, 5) is 125. The Labute approximate surface area is 490 Å². The Kier molecular flexibility index (Phi) is 20.2. The molecule has 2 atom stereocenters. The van der Waals surface area contributed by atoms with Gasteiger partial charge in [0.1, 0.15) is 38.0 Å². The number of aromatic nitrogens is 5. The first-order chi connectivity index (χ1) is 41.1. The molecular formula is C62H72N8O15. The quantitative estimate of drug-likeness (QED) is 0.0255. The predicted molar refractivity (Wildman–Crippen MR) is 306 cm³/mol. The van der Waals surface area contributed by atoms with Gasteiger partial charge in [0.25, 0.3) is 17.4 Å². The summed E-state index contributed by atoms with van der Waals surface area (Å²) in [6, 6.07) is 13.0. The lowest BCUT2D eigenvalue weighted by molar-refractivity contribution is -0.175. The normalized spacial score (nSPS) is 18.2. The molecule has 0 bridgehead atoms. The first-order valence-corrected chi connectivity index (χ1v) is 29.3. The number of esters is 1. The van der Waals surface area contributed by atoms with Crippen LogP contribution in [-0.4, -0.2) is 121 Å². The van der Waals surface area contributed by atoms with Crippen LogP contribution in [0.4, 0.5) is 10.5 Å². The number of Topliss-reactive ketones (excluding diaryl/α,β-unsaturated/α-hetero) is 3. The van der Waals surface area contributed by atoms with Crippen LogP contribution in [0, 0.1) is 17.8 Å². The average molecular weight is 1170 g/mol. The zero-order chi connectivity index (χ0) is 60.2. The predicted octanol–water partition coefficient (Wildman–Crippen LogP) is 6.26. The van der Waals surface area contributed by atoms with Crippen LogP contribution >= 0.6 is 0 Å². The molecule has 23 nitrogen and oxygen atoms in total. The molecule has 3 aliphatic heterocycles. The number of rotatable bonds is 30. The maximum Gasteiger partial charge on any atom is 0.510 e. The fourth-order valence-corrected chi connectivity index (χ4v) is 11.7. The summed E-state index contributed by atoms with van der Waals surface area (Å²) >= 11 is 0. The van der Waals surface area contributed by atoms with Crippen LogP contribution in [0.3, 0.4) is 0 Å². The fraction of sp³-hybridized carbons (Fsp3) is 0.484. The molecule has 4 aliphatic rings. The number of amides is 3. The third-order valence-corrected chi connectivity index (χ3v) is 16.4. The number of imide groups is 1. The van der Waals surface area contributed by atoms with Crippen molar-refractivity contribution < 1.29 is 67.1 Å². The minimum atomic E-state index is -2.00. The molecule has 0 spiro atoms. The van der Waals surface area contributed by atoms with Gasteiger partial charge in [-0.3, -0.25) is 38.5 Å². The molecule has 1 saturated carbocycles. The fourth-order valence-electron chi connectivity index (χ4n) is 11.7.